The molecule has 0 spiro atoms. The first-order valence-electron chi connectivity index (χ1n) is 10.4. The first-order valence-corrected chi connectivity index (χ1v) is 10.4. The van der Waals surface area contributed by atoms with E-state index in [4.69, 9.17) is 4.74 Å². The van der Waals surface area contributed by atoms with Crippen LogP contribution in [0, 0.1) is 28.6 Å². The predicted octanol–water partition coefficient (Wildman–Crippen LogP) is 5.01. The maximum absolute atomic E-state index is 11.4. The monoisotopic (exact) mass is 356 g/mol. The second-order valence-electron chi connectivity index (χ2n) is 9.56. The molecule has 0 aromatic heterocycles. The third-order valence-electron chi connectivity index (χ3n) is 8.51. The summed E-state index contributed by atoms with van der Waals surface area (Å²) in [6.07, 6.45) is 14.5. The molecular formula is C23H32O3. The minimum atomic E-state index is -0.151. The van der Waals surface area contributed by atoms with Crippen molar-refractivity contribution in [1.29, 1.82) is 0 Å². The molecule has 3 nitrogen and oxygen atoms in total. The van der Waals surface area contributed by atoms with Crippen LogP contribution < -0.4 is 0 Å². The van der Waals surface area contributed by atoms with Crippen molar-refractivity contribution in [3.05, 3.63) is 23.3 Å². The highest BCUT2D eigenvalue weighted by atomic mass is 16.5. The van der Waals surface area contributed by atoms with Gasteiger partial charge in [-0.2, -0.15) is 0 Å². The minimum absolute atomic E-state index is 0.0749. The Labute approximate surface area is 157 Å². The molecule has 3 saturated carbocycles. The Balaban J connectivity index is 1.60. The Bertz CT molecular complexity index is 675. The number of aldehydes is 1. The van der Waals surface area contributed by atoms with Gasteiger partial charge in [0, 0.05) is 13.3 Å². The van der Waals surface area contributed by atoms with E-state index in [0.717, 1.165) is 50.2 Å². The molecule has 0 N–H and O–H groups in total. The molecule has 6 unspecified atom stereocenters. The van der Waals surface area contributed by atoms with E-state index < -0.39 is 0 Å². The average molecular weight is 357 g/mol. The number of allylic oxidation sites excluding steroid dienone is 3. The van der Waals surface area contributed by atoms with Crippen LogP contribution in [0.3, 0.4) is 0 Å². The second kappa shape index (κ2) is 6.35. The van der Waals surface area contributed by atoms with Gasteiger partial charge in [-0.1, -0.05) is 31.1 Å². The Morgan fingerprint density at radius 2 is 1.88 bits per heavy atom. The summed E-state index contributed by atoms with van der Waals surface area (Å²) in [7, 11) is 0. The van der Waals surface area contributed by atoms with Gasteiger partial charge < -0.3 is 4.74 Å². The largest absolute Gasteiger partial charge is 0.462 e. The molecule has 0 aliphatic heterocycles. The molecule has 3 fully saturated rings. The number of hydrogen-bond donors (Lipinski definition) is 0. The van der Waals surface area contributed by atoms with E-state index in [0.29, 0.717) is 5.92 Å². The van der Waals surface area contributed by atoms with Crippen molar-refractivity contribution >= 4 is 12.3 Å². The fourth-order valence-electron chi connectivity index (χ4n) is 7.17. The van der Waals surface area contributed by atoms with Crippen molar-refractivity contribution < 1.29 is 14.3 Å². The van der Waals surface area contributed by atoms with Crippen molar-refractivity contribution in [2.45, 2.75) is 78.2 Å². The summed E-state index contributed by atoms with van der Waals surface area (Å²) in [5.74, 6) is 2.05. The molecule has 0 bridgehead atoms. The molecule has 0 amide bonds. The van der Waals surface area contributed by atoms with Crippen LogP contribution in [0.25, 0.3) is 0 Å². The molecule has 0 aromatic rings. The van der Waals surface area contributed by atoms with Crippen LogP contribution in [0.5, 0.6) is 0 Å². The minimum Gasteiger partial charge on any atom is -0.462 e. The van der Waals surface area contributed by atoms with E-state index in [9.17, 15) is 9.59 Å². The summed E-state index contributed by atoms with van der Waals surface area (Å²) >= 11 is 0. The van der Waals surface area contributed by atoms with Crippen molar-refractivity contribution in [3.8, 4) is 0 Å². The van der Waals surface area contributed by atoms with E-state index >= 15 is 0 Å². The summed E-state index contributed by atoms with van der Waals surface area (Å²) < 4.78 is 5.53. The van der Waals surface area contributed by atoms with E-state index in [1.54, 1.807) is 5.57 Å². The fourth-order valence-corrected chi connectivity index (χ4v) is 7.17. The van der Waals surface area contributed by atoms with Gasteiger partial charge in [-0.05, 0) is 79.6 Å². The van der Waals surface area contributed by atoms with Gasteiger partial charge in [-0.3, -0.25) is 9.59 Å². The lowest BCUT2D eigenvalue weighted by atomic mass is 9.48. The molecule has 0 radical (unpaired) electrons. The maximum Gasteiger partial charge on any atom is 0.302 e. The molecule has 3 heteroatoms. The van der Waals surface area contributed by atoms with Crippen LogP contribution in [0.1, 0.15) is 72.1 Å². The van der Waals surface area contributed by atoms with Gasteiger partial charge in [0.2, 0.25) is 0 Å². The predicted molar refractivity (Wildman–Crippen MR) is 101 cm³/mol. The summed E-state index contributed by atoms with van der Waals surface area (Å²) in [4.78, 5) is 22.4. The number of carbonyl (C=O) groups is 2. The lowest BCUT2D eigenvalue weighted by Gasteiger charge is -2.57. The number of hydrogen-bond acceptors (Lipinski definition) is 3. The lowest BCUT2D eigenvalue weighted by molar-refractivity contribution is -0.148. The smallest absolute Gasteiger partial charge is 0.302 e. The highest BCUT2D eigenvalue weighted by Gasteiger charge is 2.57. The average Bonchev–Trinajstić information content (AvgIpc) is 2.92. The van der Waals surface area contributed by atoms with E-state index in [1.807, 2.05) is 6.08 Å². The molecule has 6 atom stereocenters. The third kappa shape index (κ3) is 2.61. The number of esters is 1. The van der Waals surface area contributed by atoms with Gasteiger partial charge in [0.1, 0.15) is 12.4 Å². The Kier molecular flexibility index (Phi) is 4.40. The molecule has 4 aliphatic rings. The molecule has 0 heterocycles. The molecule has 142 valence electrons. The lowest BCUT2D eigenvalue weighted by Crippen LogP contribution is -2.49. The van der Waals surface area contributed by atoms with Gasteiger partial charge >= 0.3 is 5.97 Å². The highest BCUT2D eigenvalue weighted by molar-refractivity contribution is 5.67. The van der Waals surface area contributed by atoms with Crippen LogP contribution in [0.15, 0.2) is 23.3 Å². The Hall–Kier alpha value is -1.38. The fraction of sp³-hybridized carbons (Fsp3) is 0.739. The second-order valence-corrected chi connectivity index (χ2v) is 9.56. The van der Waals surface area contributed by atoms with Crippen molar-refractivity contribution in [2.75, 3.05) is 0 Å². The van der Waals surface area contributed by atoms with Crippen LogP contribution in [-0.2, 0) is 14.3 Å². The normalized spacial score (nSPS) is 46.0. The van der Waals surface area contributed by atoms with Crippen molar-refractivity contribution in [3.63, 3.8) is 0 Å². The zero-order chi connectivity index (χ0) is 18.5. The summed E-state index contributed by atoms with van der Waals surface area (Å²) in [5.41, 5.74) is 3.45. The zero-order valence-electron chi connectivity index (χ0n) is 16.4. The summed E-state index contributed by atoms with van der Waals surface area (Å²) in [5, 5.41) is 0. The topological polar surface area (TPSA) is 43.4 Å². The van der Waals surface area contributed by atoms with E-state index in [2.05, 4.69) is 19.9 Å². The van der Waals surface area contributed by atoms with E-state index in [1.165, 1.54) is 31.8 Å². The summed E-state index contributed by atoms with van der Waals surface area (Å²) in [6, 6.07) is 0. The molecular weight excluding hydrogens is 324 g/mol. The van der Waals surface area contributed by atoms with Crippen LogP contribution in [0.2, 0.25) is 0 Å². The van der Waals surface area contributed by atoms with Gasteiger partial charge in [0.25, 0.3) is 0 Å². The number of ether oxygens (including phenoxy) is 1. The molecule has 4 aliphatic carbocycles. The molecule has 0 saturated heterocycles. The highest BCUT2D eigenvalue weighted by Crippen LogP contribution is 2.66. The SMILES string of the molecule is CC(=O)OC1CCC2(C)C(=CCC3C2CCC2(C)/C(=C/C=O)CCC32)C1. The van der Waals surface area contributed by atoms with Crippen LogP contribution in [-0.4, -0.2) is 18.4 Å². The Morgan fingerprint density at radius 3 is 2.62 bits per heavy atom. The summed E-state index contributed by atoms with van der Waals surface area (Å²) in [6.45, 7) is 6.40. The molecule has 26 heavy (non-hydrogen) atoms. The van der Waals surface area contributed by atoms with Gasteiger partial charge in [0.15, 0.2) is 0 Å². The van der Waals surface area contributed by atoms with Crippen molar-refractivity contribution in [2.24, 2.45) is 28.6 Å². The molecule has 0 aromatic carbocycles. The zero-order valence-corrected chi connectivity index (χ0v) is 16.4. The Morgan fingerprint density at radius 1 is 1.15 bits per heavy atom. The van der Waals surface area contributed by atoms with Gasteiger partial charge in [-0.15, -0.1) is 0 Å². The standard InChI is InChI=1S/C23H32O3/c1-15(25)26-18-8-11-23(3)17(14-18)4-6-19-20-7-5-16(10-13-24)22(20,2)12-9-21(19)23/h4,10,13,18-21H,5-9,11-12,14H2,1-3H3/b16-10+. The molecule has 4 rings (SSSR count). The van der Waals surface area contributed by atoms with Gasteiger partial charge in [-0.25, -0.2) is 0 Å². The van der Waals surface area contributed by atoms with Crippen molar-refractivity contribution in [1.82, 2.24) is 0 Å². The number of fused-ring (bicyclic) bond motifs is 5. The first-order chi connectivity index (χ1) is 12.4. The number of rotatable bonds is 2. The van der Waals surface area contributed by atoms with Crippen LogP contribution >= 0.6 is 0 Å². The number of carbonyl (C=O) groups excluding carboxylic acids is 2. The third-order valence-corrected chi connectivity index (χ3v) is 8.51. The van der Waals surface area contributed by atoms with Crippen LogP contribution in [0.4, 0.5) is 0 Å². The first kappa shape index (κ1) is 18.0. The quantitative estimate of drug-likeness (QED) is 0.302. The maximum atomic E-state index is 11.4. The van der Waals surface area contributed by atoms with Gasteiger partial charge in [0.05, 0.1) is 0 Å². The van der Waals surface area contributed by atoms with E-state index in [-0.39, 0.29) is 22.9 Å².